The van der Waals surface area contributed by atoms with Crippen LogP contribution < -0.4 is 11.5 Å². The molecule has 1 aromatic heterocycles. The molecule has 5 nitrogen and oxygen atoms in total. The summed E-state index contributed by atoms with van der Waals surface area (Å²) in [4.78, 5) is 10.5. The summed E-state index contributed by atoms with van der Waals surface area (Å²) in [6, 6.07) is -0.417. The standard InChI is InChI=1S/C6H9BrN4O/c7-3-2-10-11-6(3)4(8)1-5(9)12/h2,4H,1,8H2,(H2,9,12)(H,10,11). The van der Waals surface area contributed by atoms with Crippen LogP contribution in [0.15, 0.2) is 10.7 Å². The molecule has 0 saturated heterocycles. The van der Waals surface area contributed by atoms with E-state index in [1.807, 2.05) is 0 Å². The molecule has 1 rings (SSSR count). The van der Waals surface area contributed by atoms with Gasteiger partial charge in [-0.1, -0.05) is 0 Å². The maximum absolute atomic E-state index is 10.5. The number of aromatic nitrogens is 2. The fourth-order valence-electron chi connectivity index (χ4n) is 0.860. The number of carbonyl (C=O) groups excluding carboxylic acids is 1. The van der Waals surface area contributed by atoms with Gasteiger partial charge in [0.1, 0.15) is 0 Å². The maximum atomic E-state index is 10.5. The van der Waals surface area contributed by atoms with Gasteiger partial charge in [0.2, 0.25) is 5.91 Å². The molecule has 0 aliphatic rings. The van der Waals surface area contributed by atoms with Gasteiger partial charge in [-0.3, -0.25) is 9.89 Å². The van der Waals surface area contributed by atoms with Gasteiger partial charge in [-0.15, -0.1) is 0 Å². The fraction of sp³-hybridized carbons (Fsp3) is 0.333. The minimum absolute atomic E-state index is 0.112. The van der Waals surface area contributed by atoms with Crippen molar-refractivity contribution in [2.45, 2.75) is 12.5 Å². The molecule has 1 unspecified atom stereocenters. The third kappa shape index (κ3) is 2.05. The Balaban J connectivity index is 2.71. The number of nitrogens with one attached hydrogen (secondary N) is 1. The second kappa shape index (κ2) is 3.68. The first-order valence-corrected chi connectivity index (χ1v) is 4.13. The number of nitrogens with two attached hydrogens (primary N) is 2. The topological polar surface area (TPSA) is 97.8 Å². The number of nitrogens with zero attached hydrogens (tertiary/aromatic N) is 1. The zero-order chi connectivity index (χ0) is 9.14. The first kappa shape index (κ1) is 9.21. The number of amides is 1. The molecular formula is C6H9BrN4O. The van der Waals surface area contributed by atoms with Gasteiger partial charge in [-0.05, 0) is 15.9 Å². The molecular weight excluding hydrogens is 224 g/mol. The summed E-state index contributed by atoms with van der Waals surface area (Å²) in [5.74, 6) is -0.427. The van der Waals surface area contributed by atoms with Crippen molar-refractivity contribution < 1.29 is 4.79 Å². The third-order valence-corrected chi connectivity index (χ3v) is 2.04. The SMILES string of the molecule is NC(=O)CC(N)c1[nH]ncc1Br. The van der Waals surface area contributed by atoms with E-state index < -0.39 is 11.9 Å². The Labute approximate surface area is 77.6 Å². The van der Waals surface area contributed by atoms with E-state index >= 15 is 0 Å². The molecule has 0 aliphatic carbocycles. The highest BCUT2D eigenvalue weighted by Gasteiger charge is 2.13. The predicted molar refractivity (Wildman–Crippen MR) is 47.0 cm³/mol. The van der Waals surface area contributed by atoms with Gasteiger partial charge in [-0.25, -0.2) is 0 Å². The van der Waals surface area contributed by atoms with Crippen molar-refractivity contribution in [2.24, 2.45) is 11.5 Å². The van der Waals surface area contributed by atoms with Crippen LogP contribution in [0, 0.1) is 0 Å². The van der Waals surface area contributed by atoms with Gasteiger partial charge < -0.3 is 11.5 Å². The van der Waals surface area contributed by atoms with Gasteiger partial charge in [0.25, 0.3) is 0 Å². The number of hydrogen-bond acceptors (Lipinski definition) is 3. The number of halogens is 1. The highest BCUT2D eigenvalue weighted by atomic mass is 79.9. The molecule has 0 aromatic carbocycles. The summed E-state index contributed by atoms with van der Waals surface area (Å²) in [5.41, 5.74) is 11.3. The lowest BCUT2D eigenvalue weighted by atomic mass is 10.1. The molecule has 1 atom stereocenters. The van der Waals surface area contributed by atoms with E-state index in [4.69, 9.17) is 11.5 Å². The minimum Gasteiger partial charge on any atom is -0.370 e. The normalized spacial score (nSPS) is 12.8. The van der Waals surface area contributed by atoms with E-state index in [1.54, 1.807) is 6.20 Å². The van der Waals surface area contributed by atoms with Crippen LogP contribution in [-0.4, -0.2) is 16.1 Å². The first-order chi connectivity index (χ1) is 5.61. The van der Waals surface area contributed by atoms with Crippen LogP contribution in [0.1, 0.15) is 18.2 Å². The minimum atomic E-state index is -0.427. The molecule has 0 aliphatic heterocycles. The van der Waals surface area contributed by atoms with E-state index in [9.17, 15) is 4.79 Å². The summed E-state index contributed by atoms with van der Waals surface area (Å²) in [6.07, 6.45) is 1.69. The molecule has 0 spiro atoms. The van der Waals surface area contributed by atoms with Gasteiger partial charge >= 0.3 is 0 Å². The Bertz CT molecular complexity index is 285. The molecule has 0 bridgehead atoms. The second-order valence-corrected chi connectivity index (χ2v) is 3.26. The van der Waals surface area contributed by atoms with Gasteiger partial charge in [-0.2, -0.15) is 5.10 Å². The van der Waals surface area contributed by atoms with Crippen LogP contribution in [0.4, 0.5) is 0 Å². The second-order valence-electron chi connectivity index (χ2n) is 2.41. The molecule has 66 valence electrons. The number of carbonyl (C=O) groups is 1. The Morgan fingerprint density at radius 2 is 2.50 bits per heavy atom. The summed E-state index contributed by atoms with van der Waals surface area (Å²) in [7, 11) is 0. The Morgan fingerprint density at radius 3 is 2.92 bits per heavy atom. The van der Waals surface area contributed by atoms with E-state index in [1.165, 1.54) is 0 Å². The van der Waals surface area contributed by atoms with Crippen molar-refractivity contribution in [3.05, 3.63) is 16.4 Å². The molecule has 1 amide bonds. The van der Waals surface area contributed by atoms with E-state index in [2.05, 4.69) is 26.1 Å². The molecule has 12 heavy (non-hydrogen) atoms. The molecule has 0 radical (unpaired) electrons. The number of H-pyrrole nitrogens is 1. The average Bonchev–Trinajstić information content (AvgIpc) is 2.33. The van der Waals surface area contributed by atoms with Crippen LogP contribution in [0.25, 0.3) is 0 Å². The Hall–Kier alpha value is -0.880. The van der Waals surface area contributed by atoms with Crippen LogP contribution in [0.5, 0.6) is 0 Å². The van der Waals surface area contributed by atoms with Gasteiger partial charge in [0.15, 0.2) is 0 Å². The maximum Gasteiger partial charge on any atom is 0.219 e. The summed E-state index contributed by atoms with van der Waals surface area (Å²) < 4.78 is 0.760. The smallest absolute Gasteiger partial charge is 0.219 e. The van der Waals surface area contributed by atoms with Crippen LogP contribution in [0.3, 0.4) is 0 Å². The summed E-state index contributed by atoms with van der Waals surface area (Å²) >= 11 is 3.23. The van der Waals surface area contributed by atoms with Crippen LogP contribution >= 0.6 is 15.9 Å². The van der Waals surface area contributed by atoms with E-state index in [-0.39, 0.29) is 6.42 Å². The van der Waals surface area contributed by atoms with E-state index in [0.717, 1.165) is 4.47 Å². The number of aromatic amines is 1. The largest absolute Gasteiger partial charge is 0.370 e. The highest BCUT2D eigenvalue weighted by Crippen LogP contribution is 2.20. The van der Waals surface area contributed by atoms with Crippen molar-refractivity contribution in [2.75, 3.05) is 0 Å². The fourth-order valence-corrected chi connectivity index (χ4v) is 1.35. The van der Waals surface area contributed by atoms with Crippen molar-refractivity contribution in [1.82, 2.24) is 10.2 Å². The first-order valence-electron chi connectivity index (χ1n) is 3.34. The monoisotopic (exact) mass is 232 g/mol. The van der Waals surface area contributed by atoms with Crippen LogP contribution in [0.2, 0.25) is 0 Å². The van der Waals surface area contributed by atoms with Crippen molar-refractivity contribution in [3.8, 4) is 0 Å². The lowest BCUT2D eigenvalue weighted by Gasteiger charge is -2.06. The molecule has 5 N–H and O–H groups in total. The predicted octanol–water partition coefficient (Wildman–Crippen LogP) is 0.0474. The third-order valence-electron chi connectivity index (χ3n) is 1.41. The molecule has 1 aromatic rings. The molecule has 0 saturated carbocycles. The molecule has 1 heterocycles. The Morgan fingerprint density at radius 1 is 1.83 bits per heavy atom. The van der Waals surface area contributed by atoms with Gasteiger partial charge in [0.05, 0.1) is 22.4 Å². The zero-order valence-corrected chi connectivity index (χ0v) is 7.84. The number of primary amides is 1. The summed E-state index contributed by atoms with van der Waals surface area (Å²) in [6.45, 7) is 0. The number of rotatable bonds is 3. The van der Waals surface area contributed by atoms with Crippen molar-refractivity contribution >= 4 is 21.8 Å². The zero-order valence-electron chi connectivity index (χ0n) is 6.25. The van der Waals surface area contributed by atoms with Crippen molar-refractivity contribution in [1.29, 1.82) is 0 Å². The molecule has 0 fully saturated rings. The van der Waals surface area contributed by atoms with Crippen molar-refractivity contribution in [3.63, 3.8) is 0 Å². The summed E-state index contributed by atoms with van der Waals surface area (Å²) in [5, 5.41) is 6.43. The highest BCUT2D eigenvalue weighted by molar-refractivity contribution is 9.10. The average molecular weight is 233 g/mol. The molecule has 6 heteroatoms. The van der Waals surface area contributed by atoms with Gasteiger partial charge in [0, 0.05) is 6.42 Å². The quantitative estimate of drug-likeness (QED) is 0.687. The lowest BCUT2D eigenvalue weighted by molar-refractivity contribution is -0.118. The van der Waals surface area contributed by atoms with Crippen LogP contribution in [-0.2, 0) is 4.79 Å². The lowest BCUT2D eigenvalue weighted by Crippen LogP contribution is -2.21. The van der Waals surface area contributed by atoms with E-state index in [0.29, 0.717) is 5.69 Å². The number of hydrogen-bond donors (Lipinski definition) is 3. The Kier molecular flexibility index (Phi) is 2.83.